The van der Waals surface area contributed by atoms with E-state index in [9.17, 15) is 9.13 Å². The molecule has 0 bridgehead atoms. The van der Waals surface area contributed by atoms with Gasteiger partial charge < -0.3 is 19.6 Å². The second kappa shape index (κ2) is 6.84. The van der Waals surface area contributed by atoms with E-state index < -0.39 is 20.6 Å². The highest BCUT2D eigenvalue weighted by Gasteiger charge is 2.43. The summed E-state index contributed by atoms with van der Waals surface area (Å²) in [4.78, 5) is 36.3. The van der Waals surface area contributed by atoms with Gasteiger partial charge >= 0.3 is 15.2 Å². The van der Waals surface area contributed by atoms with Crippen molar-refractivity contribution in [2.75, 3.05) is 0 Å². The van der Waals surface area contributed by atoms with Gasteiger partial charge in [0.1, 0.15) is 0 Å². The molecule has 0 unspecified atom stereocenters. The summed E-state index contributed by atoms with van der Waals surface area (Å²) in [6.45, 7) is 5.56. The van der Waals surface area contributed by atoms with Crippen LogP contribution < -0.4 is 0 Å². The zero-order valence-electron chi connectivity index (χ0n) is 11.5. The molecule has 0 fully saturated rings. The van der Waals surface area contributed by atoms with E-state index in [4.69, 9.17) is 19.6 Å². The first-order valence-electron chi connectivity index (χ1n) is 6.03. The van der Waals surface area contributed by atoms with Gasteiger partial charge in [0.05, 0.1) is 0 Å². The molecule has 0 saturated carbocycles. The molecular weight excluding hydrogens is 314 g/mol. The zero-order chi connectivity index (χ0) is 16.3. The third kappa shape index (κ3) is 6.10. The van der Waals surface area contributed by atoms with Crippen molar-refractivity contribution in [1.29, 1.82) is 0 Å². The maximum atomic E-state index is 11.2. The van der Waals surface area contributed by atoms with Gasteiger partial charge in [-0.05, 0) is 24.5 Å². The van der Waals surface area contributed by atoms with Crippen LogP contribution >= 0.6 is 15.2 Å². The molecule has 0 aliphatic rings. The summed E-state index contributed by atoms with van der Waals surface area (Å²) in [6, 6.07) is 6.56. The molecule has 0 radical (unpaired) electrons. The van der Waals surface area contributed by atoms with Gasteiger partial charge in [0, 0.05) is 0 Å². The minimum atomic E-state index is -4.89. The zero-order valence-corrected chi connectivity index (χ0v) is 13.2. The standard InChI is InChI=1S/C13H18O6P2/c1-10(2)3-4-11-5-7-12(8-6-11)9-13(20(14,15)16)21(17,18)19/h3-8,13H,1,9H2,2H3,(H2,14,15,16)(H2,17,18,19). The Morgan fingerprint density at radius 3 is 2.00 bits per heavy atom. The van der Waals surface area contributed by atoms with E-state index in [0.717, 1.165) is 11.1 Å². The third-order valence-corrected chi connectivity index (χ3v) is 6.46. The third-order valence-electron chi connectivity index (χ3n) is 2.73. The van der Waals surface area contributed by atoms with Crippen LogP contribution in [0.1, 0.15) is 18.1 Å². The number of benzene rings is 1. The minimum Gasteiger partial charge on any atom is -0.324 e. The molecule has 4 N–H and O–H groups in total. The quantitative estimate of drug-likeness (QED) is 0.470. The number of allylic oxidation sites excluding steroid dienone is 2. The van der Waals surface area contributed by atoms with Crippen molar-refractivity contribution in [3.05, 3.63) is 53.6 Å². The topological polar surface area (TPSA) is 115 Å². The van der Waals surface area contributed by atoms with Crippen molar-refractivity contribution in [3.8, 4) is 0 Å². The maximum Gasteiger partial charge on any atom is 0.341 e. The lowest BCUT2D eigenvalue weighted by atomic mass is 10.1. The summed E-state index contributed by atoms with van der Waals surface area (Å²) < 4.78 is 22.4. The van der Waals surface area contributed by atoms with Crippen LogP contribution in [-0.4, -0.2) is 25.0 Å². The molecule has 0 aliphatic carbocycles. The van der Waals surface area contributed by atoms with Crippen LogP contribution in [0.5, 0.6) is 0 Å². The van der Waals surface area contributed by atoms with E-state index in [1.165, 1.54) is 0 Å². The van der Waals surface area contributed by atoms with Crippen LogP contribution in [-0.2, 0) is 15.6 Å². The molecule has 116 valence electrons. The molecule has 0 amide bonds. The lowest BCUT2D eigenvalue weighted by Gasteiger charge is -2.19. The molecular formula is C13H18O6P2. The Hall–Kier alpha value is -1.00. The fourth-order valence-electron chi connectivity index (χ4n) is 1.65. The SMILES string of the molecule is C=C(C)C=Cc1ccc(CC(P(=O)(O)O)P(=O)(O)O)cc1. The first kappa shape index (κ1) is 18.1. The van der Waals surface area contributed by atoms with E-state index in [0.29, 0.717) is 5.56 Å². The summed E-state index contributed by atoms with van der Waals surface area (Å²) in [5, 5.41) is -2.01. The van der Waals surface area contributed by atoms with Gasteiger partial charge in [-0.25, -0.2) is 0 Å². The van der Waals surface area contributed by atoms with Gasteiger partial charge in [-0.3, -0.25) is 9.13 Å². The van der Waals surface area contributed by atoms with Crippen LogP contribution in [0.2, 0.25) is 0 Å². The first-order valence-corrected chi connectivity index (χ1v) is 9.39. The highest BCUT2D eigenvalue weighted by atomic mass is 31.2. The van der Waals surface area contributed by atoms with Crippen LogP contribution in [0.15, 0.2) is 42.5 Å². The normalized spacial score (nSPS) is 13.0. The fourth-order valence-corrected chi connectivity index (χ4v) is 4.11. The number of hydrogen-bond donors (Lipinski definition) is 4. The Bertz CT molecular complexity index is 601. The van der Waals surface area contributed by atoms with Crippen LogP contribution in [0.4, 0.5) is 0 Å². The van der Waals surface area contributed by atoms with Crippen LogP contribution in [0.3, 0.4) is 0 Å². The lowest BCUT2D eigenvalue weighted by molar-refractivity contribution is 0.338. The molecule has 21 heavy (non-hydrogen) atoms. The number of rotatable bonds is 6. The van der Waals surface area contributed by atoms with E-state index in [2.05, 4.69) is 6.58 Å². The lowest BCUT2D eigenvalue weighted by Crippen LogP contribution is -2.12. The highest BCUT2D eigenvalue weighted by molar-refractivity contribution is 7.70. The average Bonchev–Trinajstić information content (AvgIpc) is 2.32. The summed E-state index contributed by atoms with van der Waals surface area (Å²) in [5.74, 6) is 0. The van der Waals surface area contributed by atoms with Crippen molar-refractivity contribution < 1.29 is 28.7 Å². The van der Waals surface area contributed by atoms with E-state index in [1.54, 1.807) is 24.3 Å². The van der Waals surface area contributed by atoms with Crippen molar-refractivity contribution in [2.24, 2.45) is 0 Å². The molecule has 1 rings (SSSR count). The molecule has 1 aromatic rings. The average molecular weight is 332 g/mol. The van der Waals surface area contributed by atoms with Crippen molar-refractivity contribution in [1.82, 2.24) is 0 Å². The minimum absolute atomic E-state index is 0.390. The summed E-state index contributed by atoms with van der Waals surface area (Å²) >= 11 is 0. The van der Waals surface area contributed by atoms with Gasteiger partial charge in [-0.1, -0.05) is 48.6 Å². The van der Waals surface area contributed by atoms with Gasteiger partial charge in [0.15, 0.2) is 5.40 Å². The van der Waals surface area contributed by atoms with Crippen molar-refractivity contribution in [3.63, 3.8) is 0 Å². The van der Waals surface area contributed by atoms with E-state index in [1.807, 2.05) is 19.1 Å². The molecule has 8 heteroatoms. The molecule has 0 atom stereocenters. The van der Waals surface area contributed by atoms with Gasteiger partial charge in [0.25, 0.3) is 0 Å². The van der Waals surface area contributed by atoms with Crippen molar-refractivity contribution >= 4 is 21.3 Å². The second-order valence-electron chi connectivity index (χ2n) is 4.78. The Kier molecular flexibility index (Phi) is 5.88. The Labute approximate surface area is 123 Å². The van der Waals surface area contributed by atoms with Crippen molar-refractivity contribution in [2.45, 2.75) is 18.7 Å². The Morgan fingerprint density at radius 2 is 1.62 bits per heavy atom. The maximum absolute atomic E-state index is 11.2. The predicted octanol–water partition coefficient (Wildman–Crippen LogP) is 2.50. The highest BCUT2D eigenvalue weighted by Crippen LogP contribution is 2.60. The Morgan fingerprint density at radius 1 is 1.14 bits per heavy atom. The molecule has 0 aromatic heterocycles. The van der Waals surface area contributed by atoms with Crippen LogP contribution in [0, 0.1) is 0 Å². The molecule has 0 saturated heterocycles. The molecule has 0 spiro atoms. The summed E-state index contributed by atoms with van der Waals surface area (Å²) in [6.07, 6.45) is 3.23. The summed E-state index contributed by atoms with van der Waals surface area (Å²) in [7, 11) is -9.78. The van der Waals surface area contributed by atoms with E-state index >= 15 is 0 Å². The van der Waals surface area contributed by atoms with Crippen LogP contribution in [0.25, 0.3) is 6.08 Å². The second-order valence-corrected chi connectivity index (χ2v) is 8.79. The number of hydrogen-bond acceptors (Lipinski definition) is 2. The summed E-state index contributed by atoms with van der Waals surface area (Å²) in [5.41, 5.74) is 2.17. The molecule has 0 heterocycles. The smallest absolute Gasteiger partial charge is 0.324 e. The monoisotopic (exact) mass is 332 g/mol. The molecule has 1 aromatic carbocycles. The molecule has 6 nitrogen and oxygen atoms in total. The van der Waals surface area contributed by atoms with Gasteiger partial charge in [-0.15, -0.1) is 0 Å². The Balaban J connectivity index is 2.95. The largest absolute Gasteiger partial charge is 0.341 e. The van der Waals surface area contributed by atoms with Gasteiger partial charge in [0.2, 0.25) is 0 Å². The molecule has 0 aliphatic heterocycles. The fraction of sp³-hybridized carbons (Fsp3) is 0.231. The van der Waals surface area contributed by atoms with Gasteiger partial charge in [-0.2, -0.15) is 0 Å². The predicted molar refractivity (Wildman–Crippen MR) is 81.9 cm³/mol. The first-order chi connectivity index (χ1) is 9.50. The van der Waals surface area contributed by atoms with E-state index in [-0.39, 0.29) is 6.42 Å².